The second-order valence-corrected chi connectivity index (χ2v) is 8.81. The molecule has 1 N–H and O–H groups in total. The number of hydrogen-bond donors (Lipinski definition) is 1. The molecule has 1 aromatic heterocycles. The van der Waals surface area contributed by atoms with Crippen molar-refractivity contribution >= 4 is 27.0 Å². The zero-order chi connectivity index (χ0) is 18.9. The van der Waals surface area contributed by atoms with Crippen molar-refractivity contribution in [2.24, 2.45) is 0 Å². The molecule has 26 heavy (non-hydrogen) atoms. The van der Waals surface area contributed by atoms with Crippen LogP contribution >= 0.6 is 11.3 Å². The van der Waals surface area contributed by atoms with Crippen LogP contribution in [0.2, 0.25) is 0 Å². The van der Waals surface area contributed by atoms with E-state index < -0.39 is 10.0 Å². The largest absolute Gasteiger partial charge is 0.495 e. The summed E-state index contributed by atoms with van der Waals surface area (Å²) in [5.41, 5.74) is 3.98. The first-order chi connectivity index (χ1) is 12.3. The minimum atomic E-state index is -3.81. The molecule has 0 amide bonds. The van der Waals surface area contributed by atoms with Crippen molar-refractivity contribution in [1.29, 1.82) is 0 Å². The second-order valence-electron chi connectivity index (χ2n) is 6.10. The summed E-state index contributed by atoms with van der Waals surface area (Å²) in [6.07, 6.45) is 0. The first kappa shape index (κ1) is 18.4. The highest BCUT2D eigenvalue weighted by Crippen LogP contribution is 2.32. The van der Waals surface area contributed by atoms with Crippen LogP contribution in [-0.4, -0.2) is 20.5 Å². The third-order valence-electron chi connectivity index (χ3n) is 3.84. The van der Waals surface area contributed by atoms with Gasteiger partial charge in [-0.05, 0) is 62.2 Å². The second kappa shape index (κ2) is 7.09. The van der Waals surface area contributed by atoms with Crippen LogP contribution in [0.5, 0.6) is 5.75 Å². The van der Waals surface area contributed by atoms with Crippen molar-refractivity contribution in [3.63, 3.8) is 0 Å². The van der Waals surface area contributed by atoms with E-state index in [9.17, 15) is 8.42 Å². The Morgan fingerprint density at radius 3 is 2.31 bits per heavy atom. The average molecular weight is 389 g/mol. The lowest BCUT2D eigenvalue weighted by molar-refractivity contribution is 0.403. The maximum atomic E-state index is 13.0. The lowest BCUT2D eigenvalue weighted by Crippen LogP contribution is -2.14. The quantitative estimate of drug-likeness (QED) is 0.696. The third kappa shape index (κ3) is 3.89. The van der Waals surface area contributed by atoms with E-state index in [4.69, 9.17) is 4.74 Å². The lowest BCUT2D eigenvalue weighted by Gasteiger charge is -2.13. The fourth-order valence-electron chi connectivity index (χ4n) is 2.79. The van der Waals surface area contributed by atoms with Crippen molar-refractivity contribution in [3.8, 4) is 17.0 Å². The standard InChI is InChI=1S/C19H20N2O3S2/c1-12-7-13(2)9-16(8-12)21-26(22,23)19-10-15(5-6-18(19)24-4)17-11-25-14(3)20-17/h5-11,21H,1-4H3. The fraction of sp³-hybridized carbons (Fsp3) is 0.211. The number of nitrogens with zero attached hydrogens (tertiary/aromatic N) is 1. The number of sulfonamides is 1. The summed E-state index contributed by atoms with van der Waals surface area (Å²) in [6.45, 7) is 5.77. The van der Waals surface area contributed by atoms with E-state index in [1.54, 1.807) is 24.3 Å². The van der Waals surface area contributed by atoms with E-state index in [-0.39, 0.29) is 10.6 Å². The molecule has 0 aliphatic rings. The molecule has 0 saturated carbocycles. The molecule has 0 radical (unpaired) electrons. The first-order valence-corrected chi connectivity index (χ1v) is 10.4. The summed E-state index contributed by atoms with van der Waals surface area (Å²) < 4.78 is 33.9. The van der Waals surface area contributed by atoms with E-state index in [0.717, 1.165) is 27.4 Å². The van der Waals surface area contributed by atoms with Gasteiger partial charge >= 0.3 is 0 Å². The van der Waals surface area contributed by atoms with Crippen molar-refractivity contribution in [1.82, 2.24) is 4.98 Å². The Bertz CT molecular complexity index is 1040. The van der Waals surface area contributed by atoms with Gasteiger partial charge in [-0.3, -0.25) is 4.72 Å². The van der Waals surface area contributed by atoms with E-state index in [0.29, 0.717) is 5.69 Å². The van der Waals surface area contributed by atoms with Crippen LogP contribution in [0, 0.1) is 20.8 Å². The normalized spacial score (nSPS) is 11.4. The number of benzene rings is 2. The molecule has 1 heterocycles. The number of ether oxygens (including phenoxy) is 1. The number of anilines is 1. The molecule has 7 heteroatoms. The number of rotatable bonds is 5. The molecule has 3 rings (SSSR count). The lowest BCUT2D eigenvalue weighted by atomic mass is 10.1. The van der Waals surface area contributed by atoms with E-state index in [1.807, 2.05) is 38.3 Å². The number of nitrogens with one attached hydrogen (secondary N) is 1. The van der Waals surface area contributed by atoms with Gasteiger partial charge < -0.3 is 4.74 Å². The number of aromatic nitrogens is 1. The molecule has 0 unspecified atom stereocenters. The van der Waals surface area contributed by atoms with Crippen LogP contribution in [0.15, 0.2) is 46.7 Å². The summed E-state index contributed by atoms with van der Waals surface area (Å²) >= 11 is 1.52. The van der Waals surface area contributed by atoms with Crippen molar-refractivity contribution in [3.05, 3.63) is 57.9 Å². The van der Waals surface area contributed by atoms with E-state index in [1.165, 1.54) is 18.4 Å². The summed E-state index contributed by atoms with van der Waals surface area (Å²) in [7, 11) is -2.36. The molecule has 2 aromatic carbocycles. The monoisotopic (exact) mass is 388 g/mol. The molecule has 136 valence electrons. The summed E-state index contributed by atoms with van der Waals surface area (Å²) in [6, 6.07) is 10.6. The van der Waals surface area contributed by atoms with E-state index in [2.05, 4.69) is 9.71 Å². The fourth-order valence-corrected chi connectivity index (χ4v) is 4.64. The number of aryl methyl sites for hydroxylation is 3. The number of thiazole rings is 1. The molecule has 0 saturated heterocycles. The molecule has 0 fully saturated rings. The predicted molar refractivity (Wildman–Crippen MR) is 106 cm³/mol. The van der Waals surface area contributed by atoms with Gasteiger partial charge in [0.2, 0.25) is 0 Å². The molecular formula is C19H20N2O3S2. The minimum absolute atomic E-state index is 0.0855. The van der Waals surface area contributed by atoms with Gasteiger partial charge in [-0.2, -0.15) is 0 Å². The summed E-state index contributed by atoms with van der Waals surface area (Å²) in [5, 5.41) is 2.83. The average Bonchev–Trinajstić information content (AvgIpc) is 2.99. The van der Waals surface area contributed by atoms with Gasteiger partial charge in [0.15, 0.2) is 0 Å². The highest BCUT2D eigenvalue weighted by atomic mass is 32.2. The zero-order valence-corrected chi connectivity index (χ0v) is 16.7. The molecule has 0 aliphatic heterocycles. The van der Waals surface area contributed by atoms with Gasteiger partial charge in [0.1, 0.15) is 10.6 Å². The van der Waals surface area contributed by atoms with Gasteiger partial charge in [0.05, 0.1) is 17.8 Å². The molecular weight excluding hydrogens is 368 g/mol. The van der Waals surface area contributed by atoms with Crippen LogP contribution < -0.4 is 9.46 Å². The Hall–Kier alpha value is -2.38. The zero-order valence-electron chi connectivity index (χ0n) is 15.0. The summed E-state index contributed by atoms with van der Waals surface area (Å²) in [4.78, 5) is 4.51. The minimum Gasteiger partial charge on any atom is -0.495 e. The molecule has 0 spiro atoms. The van der Waals surface area contributed by atoms with Crippen LogP contribution in [0.3, 0.4) is 0 Å². The van der Waals surface area contributed by atoms with Gasteiger partial charge in [-0.1, -0.05) is 6.07 Å². The highest BCUT2D eigenvalue weighted by molar-refractivity contribution is 7.92. The number of methoxy groups -OCH3 is 1. The van der Waals surface area contributed by atoms with Crippen molar-refractivity contribution < 1.29 is 13.2 Å². The first-order valence-electron chi connectivity index (χ1n) is 8.00. The smallest absolute Gasteiger partial charge is 0.265 e. The summed E-state index contributed by atoms with van der Waals surface area (Å²) in [5.74, 6) is 0.289. The SMILES string of the molecule is COc1ccc(-c2csc(C)n2)cc1S(=O)(=O)Nc1cc(C)cc(C)c1. The Balaban J connectivity index is 2.05. The Morgan fingerprint density at radius 2 is 1.73 bits per heavy atom. The molecule has 0 bridgehead atoms. The van der Waals surface area contributed by atoms with E-state index >= 15 is 0 Å². The van der Waals surface area contributed by atoms with Gasteiger partial charge in [0.25, 0.3) is 10.0 Å². The Labute approximate surface area is 157 Å². The Morgan fingerprint density at radius 1 is 1.04 bits per heavy atom. The van der Waals surface area contributed by atoms with Gasteiger partial charge in [0, 0.05) is 16.6 Å². The van der Waals surface area contributed by atoms with Crippen LogP contribution in [0.4, 0.5) is 5.69 Å². The molecule has 5 nitrogen and oxygen atoms in total. The topological polar surface area (TPSA) is 68.3 Å². The third-order valence-corrected chi connectivity index (χ3v) is 6.02. The van der Waals surface area contributed by atoms with Gasteiger partial charge in [-0.15, -0.1) is 11.3 Å². The predicted octanol–water partition coefficient (Wildman–Crippen LogP) is 4.54. The maximum absolute atomic E-state index is 13.0. The Kier molecular flexibility index (Phi) is 5.02. The van der Waals surface area contributed by atoms with Crippen LogP contribution in [-0.2, 0) is 10.0 Å². The van der Waals surface area contributed by atoms with Gasteiger partial charge in [-0.25, -0.2) is 13.4 Å². The van der Waals surface area contributed by atoms with Crippen molar-refractivity contribution in [2.75, 3.05) is 11.8 Å². The highest BCUT2D eigenvalue weighted by Gasteiger charge is 2.21. The van der Waals surface area contributed by atoms with Crippen LogP contribution in [0.25, 0.3) is 11.3 Å². The molecule has 0 aliphatic carbocycles. The van der Waals surface area contributed by atoms with Crippen molar-refractivity contribution in [2.45, 2.75) is 25.7 Å². The van der Waals surface area contributed by atoms with Crippen LogP contribution in [0.1, 0.15) is 16.1 Å². The maximum Gasteiger partial charge on any atom is 0.265 e. The molecule has 0 atom stereocenters. The molecule has 3 aromatic rings. The number of hydrogen-bond acceptors (Lipinski definition) is 5.